The highest BCUT2D eigenvalue weighted by molar-refractivity contribution is 5.92. The van der Waals surface area contributed by atoms with Crippen LogP contribution in [-0.2, 0) is 4.79 Å². The van der Waals surface area contributed by atoms with E-state index in [1.165, 1.54) is 0 Å². The number of anilines is 1. The van der Waals surface area contributed by atoms with Crippen LogP contribution >= 0.6 is 0 Å². The summed E-state index contributed by atoms with van der Waals surface area (Å²) in [6, 6.07) is 3.74. The Balaban J connectivity index is 1.61. The Labute approximate surface area is 139 Å². The molecule has 1 spiro atoms. The molecule has 24 heavy (non-hydrogen) atoms. The fourth-order valence-corrected chi connectivity index (χ4v) is 3.95. The molecule has 7 heteroatoms. The van der Waals surface area contributed by atoms with Crippen molar-refractivity contribution in [2.75, 3.05) is 32.2 Å². The van der Waals surface area contributed by atoms with E-state index >= 15 is 0 Å². The van der Waals surface area contributed by atoms with Crippen LogP contribution in [0.1, 0.15) is 12.8 Å². The van der Waals surface area contributed by atoms with Crippen LogP contribution in [0.25, 0.3) is 10.9 Å². The second kappa shape index (κ2) is 5.22. The summed E-state index contributed by atoms with van der Waals surface area (Å²) < 4.78 is 10.7. The van der Waals surface area contributed by atoms with E-state index in [0.717, 1.165) is 42.7 Å². The number of benzene rings is 1. The van der Waals surface area contributed by atoms with E-state index in [2.05, 4.69) is 14.9 Å². The number of hydrogen-bond acceptors (Lipinski definition) is 6. The van der Waals surface area contributed by atoms with Gasteiger partial charge in [-0.3, -0.25) is 4.79 Å². The summed E-state index contributed by atoms with van der Waals surface area (Å²) in [5.41, 5.74) is 0.951. The van der Waals surface area contributed by atoms with Gasteiger partial charge in [-0.15, -0.1) is 0 Å². The fraction of sp³-hybridized carbons (Fsp3) is 0.471. The molecule has 0 unspecified atom stereocenters. The minimum absolute atomic E-state index is 0.150. The molecule has 1 aliphatic heterocycles. The standard InChI is InChI=1S/C17H19N3O4/c1-23-13-3-11-12(4-14(13)24-2)18-9-19-15(11)20-7-17(8-20)5-10(6-17)16(21)22/h3-4,9-10H,5-8H2,1-2H3,(H,21,22). The fourth-order valence-electron chi connectivity index (χ4n) is 3.95. The SMILES string of the molecule is COc1cc2ncnc(N3CC4(CC(C(=O)O)C4)C3)c2cc1OC. The lowest BCUT2D eigenvalue weighted by Gasteiger charge is -2.58. The summed E-state index contributed by atoms with van der Waals surface area (Å²) in [5, 5.41) is 9.97. The van der Waals surface area contributed by atoms with Gasteiger partial charge in [0.15, 0.2) is 11.5 Å². The first kappa shape index (κ1) is 15.0. The van der Waals surface area contributed by atoms with Gasteiger partial charge in [0.05, 0.1) is 25.7 Å². The number of nitrogens with zero attached hydrogens (tertiary/aromatic N) is 3. The zero-order valence-corrected chi connectivity index (χ0v) is 13.7. The number of carbonyl (C=O) groups is 1. The highest BCUT2D eigenvalue weighted by Gasteiger charge is 2.55. The Hall–Kier alpha value is -2.57. The second-order valence-electron chi connectivity index (χ2n) is 6.72. The first-order valence-electron chi connectivity index (χ1n) is 7.90. The minimum atomic E-state index is -0.677. The predicted octanol–water partition coefficient (Wildman–Crippen LogP) is 1.95. The van der Waals surface area contributed by atoms with Crippen molar-refractivity contribution in [1.82, 2.24) is 9.97 Å². The third kappa shape index (κ3) is 2.15. The van der Waals surface area contributed by atoms with Crippen molar-refractivity contribution in [3.63, 3.8) is 0 Å². The van der Waals surface area contributed by atoms with Gasteiger partial charge in [-0.25, -0.2) is 9.97 Å². The molecule has 2 aliphatic rings. The monoisotopic (exact) mass is 329 g/mol. The van der Waals surface area contributed by atoms with Gasteiger partial charge < -0.3 is 19.5 Å². The zero-order valence-electron chi connectivity index (χ0n) is 13.7. The largest absolute Gasteiger partial charge is 0.493 e. The highest BCUT2D eigenvalue weighted by Crippen LogP contribution is 2.53. The maximum atomic E-state index is 11.0. The number of hydrogen-bond donors (Lipinski definition) is 1. The molecule has 0 bridgehead atoms. The number of fused-ring (bicyclic) bond motifs is 1. The molecule has 1 saturated heterocycles. The van der Waals surface area contributed by atoms with Crippen molar-refractivity contribution in [2.45, 2.75) is 12.8 Å². The lowest BCUT2D eigenvalue weighted by Crippen LogP contribution is -2.63. The lowest BCUT2D eigenvalue weighted by atomic mass is 9.58. The number of rotatable bonds is 4. The normalized spacial score (nSPS) is 19.0. The third-order valence-corrected chi connectivity index (χ3v) is 5.18. The van der Waals surface area contributed by atoms with E-state index in [-0.39, 0.29) is 11.3 Å². The summed E-state index contributed by atoms with van der Waals surface area (Å²) >= 11 is 0. The number of ether oxygens (including phenoxy) is 2. The molecule has 0 amide bonds. The maximum absolute atomic E-state index is 11.0. The van der Waals surface area contributed by atoms with Gasteiger partial charge in [-0.05, 0) is 18.9 Å². The summed E-state index contributed by atoms with van der Waals surface area (Å²) in [6.45, 7) is 1.69. The predicted molar refractivity (Wildman–Crippen MR) is 87.6 cm³/mol. The van der Waals surface area contributed by atoms with Crippen LogP contribution in [0.2, 0.25) is 0 Å². The van der Waals surface area contributed by atoms with Gasteiger partial charge in [0, 0.05) is 30.0 Å². The van der Waals surface area contributed by atoms with Crippen LogP contribution < -0.4 is 14.4 Å². The van der Waals surface area contributed by atoms with Crippen molar-refractivity contribution < 1.29 is 19.4 Å². The van der Waals surface area contributed by atoms with Crippen molar-refractivity contribution in [3.05, 3.63) is 18.5 Å². The molecule has 126 valence electrons. The molecule has 4 rings (SSSR count). The van der Waals surface area contributed by atoms with Crippen LogP contribution in [0.15, 0.2) is 18.5 Å². The average Bonchev–Trinajstić information content (AvgIpc) is 2.50. The van der Waals surface area contributed by atoms with Crippen LogP contribution in [-0.4, -0.2) is 48.4 Å². The number of aliphatic carboxylic acids is 1. The van der Waals surface area contributed by atoms with E-state index in [9.17, 15) is 4.79 Å². The third-order valence-electron chi connectivity index (χ3n) is 5.18. The van der Waals surface area contributed by atoms with Gasteiger partial charge in [0.1, 0.15) is 12.1 Å². The molecule has 1 saturated carbocycles. The van der Waals surface area contributed by atoms with E-state index in [0.29, 0.717) is 11.5 Å². The van der Waals surface area contributed by atoms with Crippen molar-refractivity contribution >= 4 is 22.7 Å². The second-order valence-corrected chi connectivity index (χ2v) is 6.72. The van der Waals surface area contributed by atoms with Crippen LogP contribution in [0.3, 0.4) is 0 Å². The molecular weight excluding hydrogens is 310 g/mol. The van der Waals surface area contributed by atoms with Gasteiger partial charge in [-0.2, -0.15) is 0 Å². The van der Waals surface area contributed by atoms with Crippen molar-refractivity contribution in [3.8, 4) is 11.5 Å². The molecule has 1 aliphatic carbocycles. The number of carboxylic acid groups (broad SMARTS) is 1. The Kier molecular flexibility index (Phi) is 3.26. The van der Waals surface area contributed by atoms with E-state index < -0.39 is 5.97 Å². The van der Waals surface area contributed by atoms with E-state index in [4.69, 9.17) is 14.6 Å². The Morgan fingerprint density at radius 3 is 2.50 bits per heavy atom. The van der Waals surface area contributed by atoms with E-state index in [1.807, 2.05) is 12.1 Å². The topological polar surface area (TPSA) is 84.8 Å². The Morgan fingerprint density at radius 1 is 1.21 bits per heavy atom. The summed E-state index contributed by atoms with van der Waals surface area (Å²) in [6.07, 6.45) is 3.08. The molecule has 7 nitrogen and oxygen atoms in total. The number of methoxy groups -OCH3 is 2. The number of aromatic nitrogens is 2. The zero-order chi connectivity index (χ0) is 16.9. The molecule has 0 atom stereocenters. The molecule has 2 aromatic rings. The smallest absolute Gasteiger partial charge is 0.306 e. The van der Waals surface area contributed by atoms with Gasteiger partial charge >= 0.3 is 5.97 Å². The molecule has 0 radical (unpaired) electrons. The van der Waals surface area contributed by atoms with Gasteiger partial charge in [0.2, 0.25) is 0 Å². The van der Waals surface area contributed by atoms with Gasteiger partial charge in [-0.1, -0.05) is 0 Å². The van der Waals surface area contributed by atoms with Crippen molar-refractivity contribution in [1.29, 1.82) is 0 Å². The molecule has 2 fully saturated rings. The molecular formula is C17H19N3O4. The summed E-state index contributed by atoms with van der Waals surface area (Å²) in [7, 11) is 3.20. The average molecular weight is 329 g/mol. The first-order valence-corrected chi connectivity index (χ1v) is 7.90. The number of carboxylic acids is 1. The molecule has 1 N–H and O–H groups in total. The molecule has 1 aromatic heterocycles. The minimum Gasteiger partial charge on any atom is -0.493 e. The summed E-state index contributed by atoms with van der Waals surface area (Å²) in [4.78, 5) is 22.0. The van der Waals surface area contributed by atoms with E-state index in [1.54, 1.807) is 20.5 Å². The maximum Gasteiger partial charge on any atom is 0.306 e. The lowest BCUT2D eigenvalue weighted by molar-refractivity contribution is -0.151. The van der Waals surface area contributed by atoms with Crippen LogP contribution in [0.5, 0.6) is 11.5 Å². The van der Waals surface area contributed by atoms with Crippen LogP contribution in [0, 0.1) is 11.3 Å². The molecule has 1 aromatic carbocycles. The highest BCUT2D eigenvalue weighted by atomic mass is 16.5. The Morgan fingerprint density at radius 2 is 1.88 bits per heavy atom. The first-order chi connectivity index (χ1) is 11.5. The quantitative estimate of drug-likeness (QED) is 0.917. The van der Waals surface area contributed by atoms with Crippen molar-refractivity contribution in [2.24, 2.45) is 11.3 Å². The summed E-state index contributed by atoms with van der Waals surface area (Å²) in [5.74, 6) is 1.29. The van der Waals surface area contributed by atoms with Gasteiger partial charge in [0.25, 0.3) is 0 Å². The Bertz CT molecular complexity index is 809. The van der Waals surface area contributed by atoms with Crippen LogP contribution in [0.4, 0.5) is 5.82 Å². The molecule has 2 heterocycles.